The standard InChI is InChI=1S/C26H29N5O/c27-26-23(4-3-10-29-26)30-18-22-16-20(21-6-5-19-9-11-28-24(19)17-21)7-8-25(22)32-15-14-31-12-1-2-13-31/h3-11,16-17,28,30H,1-2,12-15,18H2,(H2,27,29). The smallest absolute Gasteiger partial charge is 0.146 e. The Morgan fingerprint density at radius 2 is 1.88 bits per heavy atom. The van der Waals surface area contributed by atoms with Gasteiger partial charge in [-0.15, -0.1) is 0 Å². The fraction of sp³-hybridized carbons (Fsp3) is 0.269. The Morgan fingerprint density at radius 1 is 1.03 bits per heavy atom. The van der Waals surface area contributed by atoms with E-state index >= 15 is 0 Å². The Labute approximate surface area is 188 Å². The molecule has 0 atom stereocenters. The first-order valence-corrected chi connectivity index (χ1v) is 11.3. The minimum Gasteiger partial charge on any atom is -0.492 e. The number of hydrogen-bond acceptors (Lipinski definition) is 5. The average Bonchev–Trinajstić information content (AvgIpc) is 3.50. The quantitative estimate of drug-likeness (QED) is 0.373. The van der Waals surface area contributed by atoms with Crippen molar-refractivity contribution in [3.8, 4) is 16.9 Å². The van der Waals surface area contributed by atoms with Crippen molar-refractivity contribution in [2.45, 2.75) is 19.4 Å². The molecule has 2 aromatic heterocycles. The summed E-state index contributed by atoms with van der Waals surface area (Å²) < 4.78 is 6.23. The second-order valence-corrected chi connectivity index (χ2v) is 8.29. The summed E-state index contributed by atoms with van der Waals surface area (Å²) in [5, 5.41) is 4.63. The third-order valence-corrected chi connectivity index (χ3v) is 6.12. The largest absolute Gasteiger partial charge is 0.492 e. The molecule has 2 aromatic carbocycles. The molecule has 0 aliphatic carbocycles. The minimum atomic E-state index is 0.498. The summed E-state index contributed by atoms with van der Waals surface area (Å²) in [5.41, 5.74) is 11.4. The fourth-order valence-electron chi connectivity index (χ4n) is 4.31. The van der Waals surface area contributed by atoms with Gasteiger partial charge in [-0.2, -0.15) is 0 Å². The molecule has 32 heavy (non-hydrogen) atoms. The summed E-state index contributed by atoms with van der Waals surface area (Å²) in [4.78, 5) is 9.94. The van der Waals surface area contributed by atoms with E-state index < -0.39 is 0 Å². The number of hydrogen-bond donors (Lipinski definition) is 3. The van der Waals surface area contributed by atoms with E-state index in [1.807, 2.05) is 18.3 Å². The Kier molecular flexibility index (Phi) is 5.94. The third kappa shape index (κ3) is 4.55. The molecular weight excluding hydrogens is 398 g/mol. The summed E-state index contributed by atoms with van der Waals surface area (Å²) in [7, 11) is 0. The molecular formula is C26H29N5O. The average molecular weight is 428 g/mol. The van der Waals surface area contributed by atoms with Crippen LogP contribution in [0.15, 0.2) is 67.0 Å². The predicted molar refractivity (Wildman–Crippen MR) is 131 cm³/mol. The van der Waals surface area contributed by atoms with Crippen LogP contribution in [0.4, 0.5) is 11.5 Å². The number of nitrogens with two attached hydrogens (primary N) is 1. The second kappa shape index (κ2) is 9.32. The van der Waals surface area contributed by atoms with Crippen LogP contribution in [0.3, 0.4) is 0 Å². The highest BCUT2D eigenvalue weighted by molar-refractivity contribution is 5.85. The highest BCUT2D eigenvalue weighted by atomic mass is 16.5. The van der Waals surface area contributed by atoms with E-state index in [-0.39, 0.29) is 0 Å². The lowest BCUT2D eigenvalue weighted by molar-refractivity contribution is 0.236. The number of benzene rings is 2. The lowest BCUT2D eigenvalue weighted by atomic mass is 10.0. The van der Waals surface area contributed by atoms with Gasteiger partial charge in [0.15, 0.2) is 0 Å². The van der Waals surface area contributed by atoms with Gasteiger partial charge in [0, 0.05) is 36.6 Å². The number of rotatable bonds is 8. The van der Waals surface area contributed by atoms with Crippen molar-refractivity contribution in [1.82, 2.24) is 14.9 Å². The first kappa shape index (κ1) is 20.4. The number of nitrogens with one attached hydrogen (secondary N) is 2. The molecule has 6 heteroatoms. The molecule has 5 rings (SSSR count). The van der Waals surface area contributed by atoms with E-state index in [0.717, 1.165) is 34.6 Å². The third-order valence-electron chi connectivity index (χ3n) is 6.12. The van der Waals surface area contributed by atoms with Gasteiger partial charge in [0.25, 0.3) is 0 Å². The fourth-order valence-corrected chi connectivity index (χ4v) is 4.31. The molecule has 1 fully saturated rings. The van der Waals surface area contributed by atoms with Crippen molar-refractivity contribution in [3.05, 3.63) is 72.6 Å². The Morgan fingerprint density at radius 3 is 2.75 bits per heavy atom. The number of H-pyrrole nitrogens is 1. The lowest BCUT2D eigenvalue weighted by Gasteiger charge is -2.18. The van der Waals surface area contributed by atoms with Crippen LogP contribution in [0.2, 0.25) is 0 Å². The molecule has 0 saturated carbocycles. The van der Waals surface area contributed by atoms with Crippen LogP contribution in [-0.4, -0.2) is 41.1 Å². The van der Waals surface area contributed by atoms with Crippen molar-refractivity contribution >= 4 is 22.4 Å². The zero-order valence-corrected chi connectivity index (χ0v) is 18.2. The number of nitrogens with zero attached hydrogens (tertiary/aromatic N) is 2. The number of anilines is 2. The number of aromatic amines is 1. The molecule has 0 bridgehead atoms. The molecule has 6 nitrogen and oxygen atoms in total. The van der Waals surface area contributed by atoms with Crippen molar-refractivity contribution in [2.75, 3.05) is 37.3 Å². The summed E-state index contributed by atoms with van der Waals surface area (Å²) >= 11 is 0. The zero-order chi connectivity index (χ0) is 21.8. The van der Waals surface area contributed by atoms with Gasteiger partial charge in [-0.05, 0) is 78.8 Å². The van der Waals surface area contributed by atoms with Crippen LogP contribution in [0.1, 0.15) is 18.4 Å². The van der Waals surface area contributed by atoms with E-state index in [9.17, 15) is 0 Å². The number of ether oxygens (including phenoxy) is 1. The van der Waals surface area contributed by atoms with E-state index in [0.29, 0.717) is 19.0 Å². The molecule has 1 saturated heterocycles. The zero-order valence-electron chi connectivity index (χ0n) is 18.2. The van der Waals surface area contributed by atoms with Gasteiger partial charge in [-0.1, -0.05) is 18.2 Å². The maximum atomic E-state index is 6.23. The predicted octanol–water partition coefficient (Wildman–Crippen LogP) is 4.90. The molecule has 3 heterocycles. The SMILES string of the molecule is Nc1ncccc1NCc1cc(-c2ccc3cc[nH]c3c2)ccc1OCCN1CCCC1. The first-order valence-electron chi connectivity index (χ1n) is 11.3. The highest BCUT2D eigenvalue weighted by Gasteiger charge is 2.13. The van der Waals surface area contributed by atoms with E-state index in [1.165, 1.54) is 36.9 Å². The molecule has 1 aliphatic heterocycles. The van der Waals surface area contributed by atoms with Crippen molar-refractivity contribution < 1.29 is 4.74 Å². The molecule has 0 radical (unpaired) electrons. The second-order valence-electron chi connectivity index (χ2n) is 8.29. The van der Waals surface area contributed by atoms with Crippen LogP contribution in [0.25, 0.3) is 22.0 Å². The maximum absolute atomic E-state index is 6.23. The van der Waals surface area contributed by atoms with Crippen LogP contribution >= 0.6 is 0 Å². The number of pyridine rings is 1. The molecule has 0 amide bonds. The Balaban J connectivity index is 1.38. The van der Waals surface area contributed by atoms with E-state index in [1.54, 1.807) is 6.20 Å². The van der Waals surface area contributed by atoms with Crippen molar-refractivity contribution in [1.29, 1.82) is 0 Å². The van der Waals surface area contributed by atoms with Crippen LogP contribution in [0.5, 0.6) is 5.75 Å². The van der Waals surface area contributed by atoms with Gasteiger partial charge in [0.05, 0.1) is 5.69 Å². The van der Waals surface area contributed by atoms with Crippen LogP contribution < -0.4 is 15.8 Å². The first-order chi connectivity index (χ1) is 15.8. The summed E-state index contributed by atoms with van der Waals surface area (Å²) in [5.74, 6) is 1.40. The van der Waals surface area contributed by atoms with E-state index in [4.69, 9.17) is 10.5 Å². The van der Waals surface area contributed by atoms with Crippen LogP contribution in [0, 0.1) is 0 Å². The normalized spacial score (nSPS) is 14.1. The maximum Gasteiger partial charge on any atom is 0.146 e. The minimum absolute atomic E-state index is 0.498. The summed E-state index contributed by atoms with van der Waals surface area (Å²) in [6.45, 7) is 4.62. The molecule has 0 unspecified atom stereocenters. The Bertz CT molecular complexity index is 1200. The van der Waals surface area contributed by atoms with Gasteiger partial charge < -0.3 is 20.8 Å². The lowest BCUT2D eigenvalue weighted by Crippen LogP contribution is -2.25. The van der Waals surface area contributed by atoms with Gasteiger partial charge in [0.2, 0.25) is 0 Å². The van der Waals surface area contributed by atoms with E-state index in [2.05, 4.69) is 62.6 Å². The van der Waals surface area contributed by atoms with Gasteiger partial charge in [0.1, 0.15) is 18.2 Å². The monoisotopic (exact) mass is 427 g/mol. The summed E-state index contributed by atoms with van der Waals surface area (Å²) in [6, 6.07) is 18.8. The van der Waals surface area contributed by atoms with Gasteiger partial charge >= 0.3 is 0 Å². The number of nitrogen functional groups attached to an aromatic ring is 1. The highest BCUT2D eigenvalue weighted by Crippen LogP contribution is 2.30. The number of likely N-dealkylation sites (tertiary alicyclic amines) is 1. The topological polar surface area (TPSA) is 79.2 Å². The van der Waals surface area contributed by atoms with Crippen LogP contribution in [-0.2, 0) is 6.54 Å². The van der Waals surface area contributed by atoms with Crippen molar-refractivity contribution in [2.24, 2.45) is 0 Å². The number of fused-ring (bicyclic) bond motifs is 1. The Hall–Kier alpha value is -3.51. The van der Waals surface area contributed by atoms with Gasteiger partial charge in [-0.25, -0.2) is 4.98 Å². The van der Waals surface area contributed by atoms with Gasteiger partial charge in [-0.3, -0.25) is 4.90 Å². The summed E-state index contributed by atoms with van der Waals surface area (Å²) in [6.07, 6.45) is 6.26. The molecule has 4 N–H and O–H groups in total. The number of aromatic nitrogens is 2. The molecule has 0 spiro atoms. The molecule has 1 aliphatic rings. The molecule has 4 aromatic rings. The van der Waals surface area contributed by atoms with Crippen molar-refractivity contribution in [3.63, 3.8) is 0 Å². The molecule has 164 valence electrons.